The van der Waals surface area contributed by atoms with Crippen molar-refractivity contribution in [2.45, 2.75) is 19.4 Å². The highest BCUT2D eigenvalue weighted by atomic mass is 16.6. The van der Waals surface area contributed by atoms with Gasteiger partial charge in [0.25, 0.3) is 0 Å². The number of nitrogens with zero attached hydrogens (tertiary/aromatic N) is 4. The minimum absolute atomic E-state index is 0.144. The van der Waals surface area contributed by atoms with Crippen molar-refractivity contribution in [2.24, 2.45) is 0 Å². The van der Waals surface area contributed by atoms with Crippen molar-refractivity contribution in [3.8, 4) is 5.88 Å². The summed E-state index contributed by atoms with van der Waals surface area (Å²) in [5, 5.41) is 13.9. The summed E-state index contributed by atoms with van der Waals surface area (Å²) in [7, 11) is 5.38. The number of anilines is 2. The summed E-state index contributed by atoms with van der Waals surface area (Å²) >= 11 is 0. The zero-order valence-electron chi connectivity index (χ0n) is 13.7. The minimum atomic E-state index is -0.490. The summed E-state index contributed by atoms with van der Waals surface area (Å²) in [6.45, 7) is 2.66. The second-order valence-corrected chi connectivity index (χ2v) is 5.68. The molecule has 126 valence electrons. The average Bonchev–Trinajstić information content (AvgIpc) is 2.96. The molecular weight excluding hydrogens is 302 g/mol. The molecule has 9 nitrogen and oxygen atoms in total. The van der Waals surface area contributed by atoms with E-state index in [1.807, 2.05) is 19.0 Å². The van der Waals surface area contributed by atoms with Crippen LogP contribution in [0.4, 0.5) is 17.2 Å². The van der Waals surface area contributed by atoms with E-state index >= 15 is 0 Å². The van der Waals surface area contributed by atoms with Crippen LogP contribution in [0, 0.1) is 10.1 Å². The van der Waals surface area contributed by atoms with Crippen LogP contribution >= 0.6 is 0 Å². The van der Waals surface area contributed by atoms with Gasteiger partial charge in [-0.15, -0.1) is 0 Å². The topological polar surface area (TPSA) is 101 Å². The highest BCUT2D eigenvalue weighted by Gasteiger charge is 2.31. The molecule has 0 unspecified atom stereocenters. The lowest BCUT2D eigenvalue weighted by atomic mass is 10.2. The number of aromatic nitrogens is 1. The molecule has 23 heavy (non-hydrogen) atoms. The first kappa shape index (κ1) is 16.9. The molecule has 1 N–H and O–H groups in total. The molecule has 0 saturated carbocycles. The molecule has 1 aliphatic rings. The number of nitro groups is 1. The predicted octanol–water partition coefficient (Wildman–Crippen LogP) is 1.10. The third-order valence-corrected chi connectivity index (χ3v) is 3.84. The summed E-state index contributed by atoms with van der Waals surface area (Å²) in [4.78, 5) is 30.4. The molecular formula is C14H21N5O4. The first-order valence-electron chi connectivity index (χ1n) is 7.26. The second-order valence-electron chi connectivity index (χ2n) is 5.68. The fraction of sp³-hybridized carbons (Fsp3) is 0.571. The number of amides is 1. The highest BCUT2D eigenvalue weighted by Crippen LogP contribution is 2.36. The molecule has 9 heteroatoms. The maximum atomic E-state index is 11.4. The SMILES string of the molecule is COc1nc(N2CC[C@@H](N(C)C)C2)c([N+](=O)[O-])cc1NC(C)=O. The van der Waals surface area contributed by atoms with E-state index in [-0.39, 0.29) is 29.0 Å². The van der Waals surface area contributed by atoms with Crippen molar-refractivity contribution < 1.29 is 14.5 Å². The summed E-state index contributed by atoms with van der Waals surface area (Å²) in [6.07, 6.45) is 0.904. The largest absolute Gasteiger partial charge is 0.479 e. The van der Waals surface area contributed by atoms with Gasteiger partial charge in [-0.25, -0.2) is 0 Å². The van der Waals surface area contributed by atoms with E-state index < -0.39 is 4.92 Å². The average molecular weight is 323 g/mol. The lowest BCUT2D eigenvalue weighted by Crippen LogP contribution is -2.32. The van der Waals surface area contributed by atoms with Gasteiger partial charge in [0.1, 0.15) is 5.69 Å². The van der Waals surface area contributed by atoms with Crippen LogP contribution in [0.3, 0.4) is 0 Å². The van der Waals surface area contributed by atoms with Crippen LogP contribution in [0.1, 0.15) is 13.3 Å². The molecule has 1 aromatic heterocycles. The van der Waals surface area contributed by atoms with E-state index in [1.165, 1.54) is 20.1 Å². The van der Waals surface area contributed by atoms with Gasteiger partial charge in [0.2, 0.25) is 17.6 Å². The Kier molecular flexibility index (Phi) is 4.99. The summed E-state index contributed by atoms with van der Waals surface area (Å²) in [6, 6.07) is 1.61. The fourth-order valence-electron chi connectivity index (χ4n) is 2.63. The highest BCUT2D eigenvalue weighted by molar-refractivity contribution is 5.91. The number of carbonyl (C=O) groups excluding carboxylic acids is 1. The Morgan fingerprint density at radius 3 is 2.74 bits per heavy atom. The number of carbonyl (C=O) groups is 1. The van der Waals surface area contributed by atoms with E-state index in [9.17, 15) is 14.9 Å². The van der Waals surface area contributed by atoms with E-state index in [1.54, 1.807) is 0 Å². The first-order valence-corrected chi connectivity index (χ1v) is 7.26. The smallest absolute Gasteiger partial charge is 0.313 e. The second kappa shape index (κ2) is 6.78. The Labute approximate surface area is 134 Å². The lowest BCUT2D eigenvalue weighted by molar-refractivity contribution is -0.384. The van der Waals surface area contributed by atoms with E-state index in [2.05, 4.69) is 15.2 Å². The number of nitrogens with one attached hydrogen (secondary N) is 1. The molecule has 2 heterocycles. The zero-order chi connectivity index (χ0) is 17.1. The summed E-state index contributed by atoms with van der Waals surface area (Å²) < 4.78 is 5.17. The van der Waals surface area contributed by atoms with Crippen LogP contribution < -0.4 is 15.0 Å². The van der Waals surface area contributed by atoms with Gasteiger partial charge in [-0.3, -0.25) is 14.9 Å². The lowest BCUT2D eigenvalue weighted by Gasteiger charge is -2.21. The van der Waals surface area contributed by atoms with E-state index in [4.69, 9.17) is 4.74 Å². The standard InChI is InChI=1S/C14H21N5O4/c1-9(20)15-11-7-12(19(21)22)13(16-14(11)23-4)18-6-5-10(8-18)17(2)3/h7,10H,5-6,8H2,1-4H3,(H,15,20)/t10-/m1/s1. The Bertz CT molecular complexity index is 619. The number of hydrogen-bond acceptors (Lipinski definition) is 7. The van der Waals surface area contributed by atoms with Crippen LogP contribution in [-0.4, -0.2) is 61.1 Å². The molecule has 1 amide bonds. The molecule has 1 aromatic rings. The Balaban J connectivity index is 2.42. The van der Waals surface area contributed by atoms with Crippen molar-refractivity contribution in [3.63, 3.8) is 0 Å². The zero-order valence-corrected chi connectivity index (χ0v) is 13.7. The number of hydrogen-bond donors (Lipinski definition) is 1. The molecule has 2 rings (SSSR count). The van der Waals surface area contributed by atoms with Gasteiger partial charge in [-0.05, 0) is 20.5 Å². The van der Waals surface area contributed by atoms with Crippen molar-refractivity contribution in [1.29, 1.82) is 0 Å². The van der Waals surface area contributed by atoms with Gasteiger partial charge >= 0.3 is 5.69 Å². The van der Waals surface area contributed by atoms with Gasteiger partial charge in [0.15, 0.2) is 0 Å². The van der Waals surface area contributed by atoms with Crippen LogP contribution in [-0.2, 0) is 4.79 Å². The normalized spacial score (nSPS) is 17.4. The molecule has 1 saturated heterocycles. The molecule has 0 bridgehead atoms. The number of pyridine rings is 1. The third-order valence-electron chi connectivity index (χ3n) is 3.84. The van der Waals surface area contributed by atoms with Crippen molar-refractivity contribution >= 4 is 23.1 Å². The molecule has 1 aliphatic heterocycles. The van der Waals surface area contributed by atoms with Crippen LogP contribution in [0.15, 0.2) is 6.07 Å². The van der Waals surface area contributed by atoms with Crippen molar-refractivity contribution in [3.05, 3.63) is 16.2 Å². The van der Waals surface area contributed by atoms with Crippen LogP contribution in [0.5, 0.6) is 5.88 Å². The third kappa shape index (κ3) is 3.67. The van der Waals surface area contributed by atoms with Gasteiger partial charge in [0.05, 0.1) is 12.0 Å². The van der Waals surface area contributed by atoms with Gasteiger partial charge in [0, 0.05) is 32.1 Å². The summed E-state index contributed by atoms with van der Waals surface area (Å²) in [5.74, 6) is 0.0837. The summed E-state index contributed by atoms with van der Waals surface area (Å²) in [5.41, 5.74) is 0.0489. The quantitative estimate of drug-likeness (QED) is 0.639. The van der Waals surface area contributed by atoms with Crippen LogP contribution in [0.2, 0.25) is 0 Å². The maximum Gasteiger partial charge on any atom is 0.313 e. The molecule has 1 atom stereocenters. The van der Waals surface area contributed by atoms with Crippen LogP contribution in [0.25, 0.3) is 0 Å². The fourth-order valence-corrected chi connectivity index (χ4v) is 2.63. The Hall–Kier alpha value is -2.42. The van der Waals surface area contributed by atoms with Crippen molar-refractivity contribution in [2.75, 3.05) is 44.5 Å². The number of rotatable bonds is 5. The number of likely N-dealkylation sites (N-methyl/N-ethyl adjacent to an activating group) is 1. The van der Waals surface area contributed by atoms with E-state index in [0.29, 0.717) is 19.1 Å². The van der Waals surface area contributed by atoms with Gasteiger partial charge in [-0.2, -0.15) is 4.98 Å². The molecule has 0 aliphatic carbocycles. The monoisotopic (exact) mass is 323 g/mol. The predicted molar refractivity (Wildman–Crippen MR) is 86.1 cm³/mol. The minimum Gasteiger partial charge on any atom is -0.479 e. The molecule has 0 spiro atoms. The van der Waals surface area contributed by atoms with Gasteiger partial charge < -0.3 is 19.9 Å². The number of ether oxygens (including phenoxy) is 1. The van der Waals surface area contributed by atoms with E-state index in [0.717, 1.165) is 6.42 Å². The Morgan fingerprint density at radius 2 is 2.26 bits per heavy atom. The van der Waals surface area contributed by atoms with Crippen molar-refractivity contribution in [1.82, 2.24) is 9.88 Å². The van der Waals surface area contributed by atoms with Gasteiger partial charge in [-0.1, -0.05) is 0 Å². The molecule has 0 aromatic carbocycles. The number of methoxy groups -OCH3 is 1. The molecule has 1 fully saturated rings. The Morgan fingerprint density at radius 1 is 1.57 bits per heavy atom. The first-order chi connectivity index (χ1) is 10.8. The molecule has 0 radical (unpaired) electrons. The maximum absolute atomic E-state index is 11.4.